The van der Waals surface area contributed by atoms with Crippen molar-refractivity contribution in [3.8, 4) is 29.8 Å². The number of nitrogens with zero attached hydrogens (tertiary/aromatic N) is 2. The quantitative estimate of drug-likeness (QED) is 0.339. The van der Waals surface area contributed by atoms with Gasteiger partial charge in [-0.05, 0) is 11.8 Å². The average molecular weight is 156 g/mol. The maximum atomic E-state index is 8.15. The summed E-state index contributed by atoms with van der Waals surface area (Å²) < 4.78 is 0. The molecule has 0 saturated carbocycles. The minimum Gasteiger partial charge on any atom is -0.316 e. The van der Waals surface area contributed by atoms with Crippen LogP contribution in [0.3, 0.4) is 0 Å². The Morgan fingerprint density at radius 2 is 1.75 bits per heavy atom. The Morgan fingerprint density at radius 1 is 1.08 bits per heavy atom. The number of hydrogen-bond acceptors (Lipinski definition) is 1. The summed E-state index contributed by atoms with van der Waals surface area (Å²) in [7, 11) is 0. The van der Waals surface area contributed by atoms with Crippen molar-refractivity contribution in [1.29, 1.82) is 5.26 Å². The van der Waals surface area contributed by atoms with Gasteiger partial charge in [0.2, 0.25) is 6.54 Å². The molecule has 0 aliphatic rings. The third kappa shape index (κ3) is 8.10. The molecular formula is C10H8N2. The molecule has 0 aromatic rings. The first kappa shape index (κ1) is 10.1. The van der Waals surface area contributed by atoms with E-state index in [9.17, 15) is 0 Å². The highest BCUT2D eigenvalue weighted by Crippen LogP contribution is 1.80. The van der Waals surface area contributed by atoms with E-state index in [1.54, 1.807) is 0 Å². The van der Waals surface area contributed by atoms with Gasteiger partial charge in [0, 0.05) is 12.8 Å². The first-order chi connectivity index (χ1) is 5.91. The SMILES string of the molecule is [C-]#[N+]CCC#CC#CCCC#N. The molecule has 0 heterocycles. The van der Waals surface area contributed by atoms with Crippen molar-refractivity contribution in [1.82, 2.24) is 0 Å². The van der Waals surface area contributed by atoms with E-state index in [2.05, 4.69) is 28.5 Å². The zero-order valence-corrected chi connectivity index (χ0v) is 6.72. The fourth-order valence-electron chi connectivity index (χ4n) is 0.444. The second-order valence-electron chi connectivity index (χ2n) is 1.89. The van der Waals surface area contributed by atoms with E-state index in [0.29, 0.717) is 25.8 Å². The molecule has 0 bridgehead atoms. The summed E-state index contributed by atoms with van der Waals surface area (Å²) in [6.45, 7) is 6.90. The maximum Gasteiger partial charge on any atom is 0.225 e. The Morgan fingerprint density at radius 3 is 2.33 bits per heavy atom. The molecule has 0 N–H and O–H groups in total. The number of unbranched alkanes of at least 4 members (excludes halogenated alkanes) is 1. The molecule has 2 heteroatoms. The molecule has 58 valence electrons. The normalized spacial score (nSPS) is 6.17. The van der Waals surface area contributed by atoms with Gasteiger partial charge >= 0.3 is 0 Å². The van der Waals surface area contributed by atoms with E-state index in [4.69, 9.17) is 11.8 Å². The third-order valence-corrected chi connectivity index (χ3v) is 0.950. The van der Waals surface area contributed by atoms with Crippen LogP contribution in [0.4, 0.5) is 0 Å². The Hall–Kier alpha value is -1.90. The molecule has 0 spiro atoms. The standard InChI is InChI=1S/C10H8N2/c1-12-10-8-6-4-2-3-5-7-9-11/h5,7-8,10H2. The first-order valence-electron chi connectivity index (χ1n) is 3.57. The van der Waals surface area contributed by atoms with Crippen LogP contribution >= 0.6 is 0 Å². The second kappa shape index (κ2) is 9.10. The van der Waals surface area contributed by atoms with Gasteiger partial charge in [-0.2, -0.15) is 5.26 Å². The fraction of sp³-hybridized carbons (Fsp3) is 0.400. The molecule has 0 aliphatic carbocycles. The highest BCUT2D eigenvalue weighted by atomic mass is 14.6. The lowest BCUT2D eigenvalue weighted by atomic mass is 10.3. The van der Waals surface area contributed by atoms with Crippen LogP contribution < -0.4 is 0 Å². The lowest BCUT2D eigenvalue weighted by molar-refractivity contribution is 1.09. The third-order valence-electron chi connectivity index (χ3n) is 0.950. The van der Waals surface area contributed by atoms with Gasteiger partial charge in [0.05, 0.1) is 12.5 Å². The highest BCUT2D eigenvalue weighted by Gasteiger charge is 1.76. The topological polar surface area (TPSA) is 28.1 Å². The minimum atomic E-state index is 0.437. The molecule has 0 radical (unpaired) electrons. The summed E-state index contributed by atoms with van der Waals surface area (Å²) >= 11 is 0. The molecule has 0 aromatic heterocycles. The van der Waals surface area contributed by atoms with Crippen molar-refractivity contribution in [3.63, 3.8) is 0 Å². The average Bonchev–Trinajstić information content (AvgIpc) is 2.10. The van der Waals surface area contributed by atoms with Gasteiger partial charge in [-0.3, -0.25) is 0 Å². The van der Waals surface area contributed by atoms with Crippen molar-refractivity contribution in [2.75, 3.05) is 6.54 Å². The molecule has 0 aromatic carbocycles. The zero-order chi connectivity index (χ0) is 9.07. The van der Waals surface area contributed by atoms with Crippen LogP contribution in [0.15, 0.2) is 0 Å². The van der Waals surface area contributed by atoms with Gasteiger partial charge in [-0.15, -0.1) is 0 Å². The van der Waals surface area contributed by atoms with E-state index in [1.807, 2.05) is 6.07 Å². The molecular weight excluding hydrogens is 148 g/mol. The number of nitriles is 1. The van der Waals surface area contributed by atoms with Gasteiger partial charge in [-0.25, -0.2) is 6.57 Å². The molecule has 0 aliphatic heterocycles. The van der Waals surface area contributed by atoms with E-state index in [-0.39, 0.29) is 0 Å². The predicted octanol–water partition coefficient (Wildman–Crippen LogP) is 1.61. The van der Waals surface area contributed by atoms with Gasteiger partial charge in [0.15, 0.2) is 0 Å². The van der Waals surface area contributed by atoms with Crippen molar-refractivity contribution in [2.45, 2.75) is 19.3 Å². The molecule has 0 amide bonds. The van der Waals surface area contributed by atoms with E-state index in [1.165, 1.54) is 0 Å². The second-order valence-corrected chi connectivity index (χ2v) is 1.89. The molecule has 0 fully saturated rings. The molecule has 0 rings (SSSR count). The van der Waals surface area contributed by atoms with Crippen molar-refractivity contribution in [2.24, 2.45) is 0 Å². The fourth-order valence-corrected chi connectivity index (χ4v) is 0.444. The Bertz CT molecular complexity index is 272. The van der Waals surface area contributed by atoms with Crippen LogP contribution in [-0.4, -0.2) is 6.54 Å². The van der Waals surface area contributed by atoms with Gasteiger partial charge < -0.3 is 4.85 Å². The van der Waals surface area contributed by atoms with E-state index in [0.717, 1.165) is 0 Å². The number of hydrogen-bond donors (Lipinski definition) is 0. The van der Waals surface area contributed by atoms with Crippen LogP contribution in [0.1, 0.15) is 19.3 Å². The van der Waals surface area contributed by atoms with E-state index >= 15 is 0 Å². The summed E-state index contributed by atoms with van der Waals surface area (Å²) in [5.41, 5.74) is 0. The zero-order valence-electron chi connectivity index (χ0n) is 6.72. The van der Waals surface area contributed by atoms with Gasteiger partial charge in [0.25, 0.3) is 0 Å². The van der Waals surface area contributed by atoms with Crippen LogP contribution in [0.5, 0.6) is 0 Å². The van der Waals surface area contributed by atoms with Crippen molar-refractivity contribution >= 4 is 0 Å². The van der Waals surface area contributed by atoms with Crippen molar-refractivity contribution in [3.05, 3.63) is 11.4 Å². The summed E-state index contributed by atoms with van der Waals surface area (Å²) in [5, 5.41) is 8.15. The molecule has 0 unspecified atom stereocenters. The van der Waals surface area contributed by atoms with Crippen molar-refractivity contribution < 1.29 is 0 Å². The van der Waals surface area contributed by atoms with Crippen LogP contribution in [-0.2, 0) is 0 Å². The molecule has 0 atom stereocenters. The van der Waals surface area contributed by atoms with E-state index < -0.39 is 0 Å². The lowest BCUT2D eigenvalue weighted by Crippen LogP contribution is -1.69. The molecule has 0 saturated heterocycles. The summed E-state index contributed by atoms with van der Waals surface area (Å²) in [4.78, 5) is 3.14. The Kier molecular flexibility index (Phi) is 7.66. The van der Waals surface area contributed by atoms with Gasteiger partial charge in [-0.1, -0.05) is 11.8 Å². The summed E-state index contributed by atoms with van der Waals surface area (Å²) in [5.74, 6) is 10.7. The monoisotopic (exact) mass is 156 g/mol. The molecule has 12 heavy (non-hydrogen) atoms. The van der Waals surface area contributed by atoms with Crippen LogP contribution in [0.2, 0.25) is 0 Å². The van der Waals surface area contributed by atoms with Crippen LogP contribution in [0.25, 0.3) is 4.85 Å². The lowest BCUT2D eigenvalue weighted by Gasteiger charge is -1.72. The summed E-state index contributed by atoms with van der Waals surface area (Å²) in [6.07, 6.45) is 1.61. The molecule has 2 nitrogen and oxygen atoms in total. The van der Waals surface area contributed by atoms with Gasteiger partial charge in [0.1, 0.15) is 0 Å². The summed E-state index contributed by atoms with van der Waals surface area (Å²) in [6, 6.07) is 1.99. The Balaban J connectivity index is 3.48. The predicted molar refractivity (Wildman–Crippen MR) is 46.5 cm³/mol. The first-order valence-corrected chi connectivity index (χ1v) is 3.57. The highest BCUT2D eigenvalue weighted by molar-refractivity contribution is 5.26. The maximum absolute atomic E-state index is 8.15. The smallest absolute Gasteiger partial charge is 0.225 e. The van der Waals surface area contributed by atoms with Crippen LogP contribution in [0, 0.1) is 41.6 Å². The Labute approximate surface area is 73.0 Å². The largest absolute Gasteiger partial charge is 0.316 e. The number of rotatable bonds is 2. The minimum absolute atomic E-state index is 0.437.